The van der Waals surface area contributed by atoms with Crippen LogP contribution in [0.2, 0.25) is 0 Å². The molecule has 66 valence electrons. The minimum absolute atomic E-state index is 0.144. The van der Waals surface area contributed by atoms with Crippen LogP contribution in [-0.4, -0.2) is 29.3 Å². The molecule has 0 saturated carbocycles. The first-order valence-corrected chi connectivity index (χ1v) is 5.87. The summed E-state index contributed by atoms with van der Waals surface area (Å²) < 4.78 is 0. The SMILES string of the molecule is CSCCC(=O)NCC(C)Br. The Bertz CT molecular complexity index is 119. The molecule has 4 heteroatoms. The smallest absolute Gasteiger partial charge is 0.220 e. The predicted octanol–water partition coefficient (Wildman–Crippen LogP) is 1.64. The number of amides is 1. The molecule has 1 N–H and O–H groups in total. The van der Waals surface area contributed by atoms with Gasteiger partial charge < -0.3 is 5.32 Å². The first-order chi connectivity index (χ1) is 5.16. The van der Waals surface area contributed by atoms with Crippen LogP contribution >= 0.6 is 27.7 Å². The molecule has 0 aliphatic rings. The number of rotatable bonds is 5. The highest BCUT2D eigenvalue weighted by molar-refractivity contribution is 9.09. The lowest BCUT2D eigenvalue weighted by atomic mass is 10.4. The van der Waals surface area contributed by atoms with Crippen LogP contribution in [-0.2, 0) is 4.79 Å². The van der Waals surface area contributed by atoms with E-state index in [1.807, 2.05) is 13.2 Å². The number of nitrogens with one attached hydrogen (secondary N) is 1. The van der Waals surface area contributed by atoms with Gasteiger partial charge in [-0.05, 0) is 6.26 Å². The molecule has 0 saturated heterocycles. The summed E-state index contributed by atoms with van der Waals surface area (Å²) in [7, 11) is 0. The molecule has 0 fully saturated rings. The largest absolute Gasteiger partial charge is 0.355 e. The fraction of sp³-hybridized carbons (Fsp3) is 0.857. The Labute approximate surface area is 80.6 Å². The number of alkyl halides is 1. The van der Waals surface area contributed by atoms with E-state index in [0.717, 1.165) is 5.75 Å². The lowest BCUT2D eigenvalue weighted by Crippen LogP contribution is -2.28. The summed E-state index contributed by atoms with van der Waals surface area (Å²) in [5, 5.41) is 2.82. The van der Waals surface area contributed by atoms with Gasteiger partial charge in [0.1, 0.15) is 0 Å². The average Bonchev–Trinajstić information content (AvgIpc) is 1.97. The monoisotopic (exact) mass is 239 g/mol. The van der Waals surface area contributed by atoms with Crippen molar-refractivity contribution in [3.05, 3.63) is 0 Å². The van der Waals surface area contributed by atoms with Crippen molar-refractivity contribution in [2.24, 2.45) is 0 Å². The maximum Gasteiger partial charge on any atom is 0.220 e. The van der Waals surface area contributed by atoms with E-state index in [-0.39, 0.29) is 5.91 Å². The molecule has 0 aliphatic heterocycles. The molecule has 0 heterocycles. The second kappa shape index (κ2) is 6.98. The zero-order valence-electron chi connectivity index (χ0n) is 6.89. The fourth-order valence-electron chi connectivity index (χ4n) is 0.538. The lowest BCUT2D eigenvalue weighted by molar-refractivity contribution is -0.120. The molecule has 11 heavy (non-hydrogen) atoms. The first kappa shape index (κ1) is 11.3. The normalized spacial score (nSPS) is 12.6. The van der Waals surface area contributed by atoms with Crippen molar-refractivity contribution in [2.45, 2.75) is 18.2 Å². The summed E-state index contributed by atoms with van der Waals surface area (Å²) >= 11 is 5.04. The van der Waals surface area contributed by atoms with Gasteiger partial charge >= 0.3 is 0 Å². The van der Waals surface area contributed by atoms with Gasteiger partial charge in [0.25, 0.3) is 0 Å². The lowest BCUT2D eigenvalue weighted by Gasteiger charge is -2.05. The summed E-state index contributed by atoms with van der Waals surface area (Å²) in [6.07, 6.45) is 2.63. The maximum atomic E-state index is 11.0. The molecular formula is C7H14BrNOS. The minimum atomic E-state index is 0.144. The highest BCUT2D eigenvalue weighted by Gasteiger charge is 2.00. The molecule has 1 unspecified atom stereocenters. The standard InChI is InChI=1S/C7H14BrNOS/c1-6(8)5-9-7(10)3-4-11-2/h6H,3-5H2,1-2H3,(H,9,10). The molecule has 0 radical (unpaired) electrons. The van der Waals surface area contributed by atoms with E-state index >= 15 is 0 Å². The summed E-state index contributed by atoms with van der Waals surface area (Å²) in [5.74, 6) is 1.05. The number of hydrogen-bond donors (Lipinski definition) is 1. The second-order valence-corrected chi connectivity index (χ2v) is 4.88. The van der Waals surface area contributed by atoms with Crippen molar-refractivity contribution in [3.8, 4) is 0 Å². The number of halogens is 1. The van der Waals surface area contributed by atoms with Crippen molar-refractivity contribution in [1.82, 2.24) is 5.32 Å². The Kier molecular flexibility index (Phi) is 7.17. The Balaban J connectivity index is 3.23. The van der Waals surface area contributed by atoms with Gasteiger partial charge in [0.05, 0.1) is 0 Å². The summed E-state index contributed by atoms with van der Waals surface area (Å²) in [6.45, 7) is 2.72. The van der Waals surface area contributed by atoms with Crippen LogP contribution in [0, 0.1) is 0 Å². The molecule has 0 rings (SSSR count). The number of hydrogen-bond acceptors (Lipinski definition) is 2. The van der Waals surface area contributed by atoms with Gasteiger partial charge in [-0.15, -0.1) is 0 Å². The van der Waals surface area contributed by atoms with Gasteiger partial charge in [0, 0.05) is 23.5 Å². The number of carbonyl (C=O) groups is 1. The Morgan fingerprint density at radius 3 is 2.82 bits per heavy atom. The highest BCUT2D eigenvalue weighted by Crippen LogP contribution is 1.97. The first-order valence-electron chi connectivity index (χ1n) is 3.56. The van der Waals surface area contributed by atoms with Crippen molar-refractivity contribution < 1.29 is 4.79 Å². The predicted molar refractivity (Wildman–Crippen MR) is 54.4 cm³/mol. The molecule has 0 aromatic carbocycles. The van der Waals surface area contributed by atoms with Crippen molar-refractivity contribution in [2.75, 3.05) is 18.6 Å². The molecule has 0 aromatic rings. The van der Waals surface area contributed by atoms with Crippen LogP contribution < -0.4 is 5.32 Å². The van der Waals surface area contributed by atoms with Crippen molar-refractivity contribution in [1.29, 1.82) is 0 Å². The van der Waals surface area contributed by atoms with Gasteiger partial charge in [0.15, 0.2) is 0 Å². The van der Waals surface area contributed by atoms with E-state index in [9.17, 15) is 4.79 Å². The molecule has 0 aliphatic carbocycles. The van der Waals surface area contributed by atoms with Crippen LogP contribution in [0.25, 0.3) is 0 Å². The van der Waals surface area contributed by atoms with E-state index in [0.29, 0.717) is 17.8 Å². The molecule has 2 nitrogen and oxygen atoms in total. The van der Waals surface area contributed by atoms with Crippen LogP contribution in [0.1, 0.15) is 13.3 Å². The topological polar surface area (TPSA) is 29.1 Å². The molecule has 1 atom stereocenters. The van der Waals surface area contributed by atoms with Gasteiger partial charge in [-0.3, -0.25) is 4.79 Å². The quantitative estimate of drug-likeness (QED) is 0.740. The van der Waals surface area contributed by atoms with Gasteiger partial charge in [-0.1, -0.05) is 22.9 Å². The van der Waals surface area contributed by atoms with Crippen LogP contribution in [0.5, 0.6) is 0 Å². The van der Waals surface area contributed by atoms with Crippen LogP contribution in [0.3, 0.4) is 0 Å². The van der Waals surface area contributed by atoms with E-state index in [1.54, 1.807) is 11.8 Å². The fourth-order valence-corrected chi connectivity index (χ4v) is 1.09. The van der Waals surface area contributed by atoms with Gasteiger partial charge in [0.2, 0.25) is 5.91 Å². The molecule has 0 bridgehead atoms. The minimum Gasteiger partial charge on any atom is -0.355 e. The van der Waals surface area contributed by atoms with E-state index < -0.39 is 0 Å². The molecule has 1 amide bonds. The summed E-state index contributed by atoms with van der Waals surface area (Å²) in [5.41, 5.74) is 0. The maximum absolute atomic E-state index is 11.0. The summed E-state index contributed by atoms with van der Waals surface area (Å²) in [4.78, 5) is 11.3. The van der Waals surface area contributed by atoms with Crippen LogP contribution in [0.4, 0.5) is 0 Å². The zero-order valence-corrected chi connectivity index (χ0v) is 9.30. The van der Waals surface area contributed by atoms with Crippen molar-refractivity contribution in [3.63, 3.8) is 0 Å². The van der Waals surface area contributed by atoms with E-state index in [1.165, 1.54) is 0 Å². The third kappa shape index (κ3) is 8.20. The number of thioether (sulfide) groups is 1. The molecular weight excluding hydrogens is 226 g/mol. The number of carbonyl (C=O) groups excluding carboxylic acids is 1. The highest BCUT2D eigenvalue weighted by atomic mass is 79.9. The third-order valence-electron chi connectivity index (χ3n) is 1.11. The van der Waals surface area contributed by atoms with Gasteiger partial charge in [-0.25, -0.2) is 0 Å². The van der Waals surface area contributed by atoms with E-state index in [2.05, 4.69) is 21.2 Å². The zero-order chi connectivity index (χ0) is 8.69. The second-order valence-electron chi connectivity index (χ2n) is 2.33. The molecule has 0 aromatic heterocycles. The van der Waals surface area contributed by atoms with Crippen molar-refractivity contribution >= 4 is 33.6 Å². The average molecular weight is 240 g/mol. The van der Waals surface area contributed by atoms with E-state index in [4.69, 9.17) is 0 Å². The van der Waals surface area contributed by atoms with Gasteiger partial charge in [-0.2, -0.15) is 11.8 Å². The third-order valence-corrected chi connectivity index (χ3v) is 2.05. The Morgan fingerprint density at radius 2 is 2.36 bits per heavy atom. The van der Waals surface area contributed by atoms with Crippen LogP contribution in [0.15, 0.2) is 0 Å². The Morgan fingerprint density at radius 1 is 1.73 bits per heavy atom. The Hall–Kier alpha value is 0.300. The molecule has 0 spiro atoms. The summed E-state index contributed by atoms with van der Waals surface area (Å²) in [6, 6.07) is 0.